The van der Waals surface area contributed by atoms with Crippen LogP contribution in [0.5, 0.6) is 0 Å². The Hall–Kier alpha value is -2.04. The highest BCUT2D eigenvalue weighted by Crippen LogP contribution is 2.21. The van der Waals surface area contributed by atoms with Gasteiger partial charge in [0.25, 0.3) is 5.69 Å². The molecule has 1 aromatic rings. The SMILES string of the molecule is Cc1ccc([N+](=O)[O-])cc1S(=O)(=O)N[C@@H](CO)C(=O)O. The van der Waals surface area contributed by atoms with Crippen molar-refractivity contribution >= 4 is 21.7 Å². The Balaban J connectivity index is 3.24. The van der Waals surface area contributed by atoms with Gasteiger partial charge in [-0.3, -0.25) is 14.9 Å². The van der Waals surface area contributed by atoms with Gasteiger partial charge in [0, 0.05) is 12.1 Å². The molecule has 0 aliphatic rings. The van der Waals surface area contributed by atoms with Crippen LogP contribution in [0.4, 0.5) is 5.69 Å². The zero-order valence-corrected chi connectivity index (χ0v) is 11.1. The van der Waals surface area contributed by atoms with Crippen LogP contribution in [0, 0.1) is 17.0 Å². The molecular formula is C10H12N2O7S. The zero-order chi connectivity index (χ0) is 15.5. The van der Waals surface area contributed by atoms with Crippen LogP contribution >= 0.6 is 0 Å². The van der Waals surface area contributed by atoms with Crippen LogP contribution in [0.1, 0.15) is 5.56 Å². The van der Waals surface area contributed by atoms with Gasteiger partial charge in [0.05, 0.1) is 16.4 Å². The Morgan fingerprint density at radius 2 is 2.10 bits per heavy atom. The summed E-state index contributed by atoms with van der Waals surface area (Å²) in [6.07, 6.45) is 0. The molecule has 0 fully saturated rings. The van der Waals surface area contributed by atoms with Gasteiger partial charge in [-0.05, 0) is 12.5 Å². The van der Waals surface area contributed by atoms with E-state index in [1.54, 1.807) is 4.72 Å². The minimum atomic E-state index is -4.30. The van der Waals surface area contributed by atoms with Crippen LogP contribution in [-0.2, 0) is 14.8 Å². The second-order valence-electron chi connectivity index (χ2n) is 3.90. The van der Waals surface area contributed by atoms with E-state index in [9.17, 15) is 23.3 Å². The number of nitro benzene ring substituents is 1. The molecular weight excluding hydrogens is 292 g/mol. The first-order valence-corrected chi connectivity index (χ1v) is 6.78. The van der Waals surface area contributed by atoms with Crippen molar-refractivity contribution in [1.29, 1.82) is 0 Å². The molecule has 0 aliphatic heterocycles. The van der Waals surface area contributed by atoms with E-state index in [2.05, 4.69) is 0 Å². The maximum atomic E-state index is 12.0. The average Bonchev–Trinajstić information content (AvgIpc) is 2.35. The number of nitro groups is 1. The van der Waals surface area contributed by atoms with Crippen LogP contribution in [0.25, 0.3) is 0 Å². The number of hydrogen-bond donors (Lipinski definition) is 3. The monoisotopic (exact) mass is 304 g/mol. The summed E-state index contributed by atoms with van der Waals surface area (Å²) in [5, 5.41) is 28.1. The van der Waals surface area contributed by atoms with Crippen molar-refractivity contribution in [3.05, 3.63) is 33.9 Å². The van der Waals surface area contributed by atoms with Gasteiger partial charge in [0.2, 0.25) is 10.0 Å². The molecule has 0 radical (unpaired) electrons. The van der Waals surface area contributed by atoms with E-state index < -0.39 is 44.1 Å². The Morgan fingerprint density at radius 1 is 1.50 bits per heavy atom. The normalized spacial score (nSPS) is 12.9. The second-order valence-corrected chi connectivity index (χ2v) is 5.58. The van der Waals surface area contributed by atoms with Crippen molar-refractivity contribution in [1.82, 2.24) is 4.72 Å². The average molecular weight is 304 g/mol. The number of nitrogens with one attached hydrogen (secondary N) is 1. The van der Waals surface area contributed by atoms with E-state index in [-0.39, 0.29) is 5.56 Å². The summed E-state index contributed by atoms with van der Waals surface area (Å²) in [4.78, 5) is 20.2. The van der Waals surface area contributed by atoms with Gasteiger partial charge in [-0.15, -0.1) is 0 Å². The highest BCUT2D eigenvalue weighted by Gasteiger charge is 2.27. The minimum absolute atomic E-state index is 0.213. The lowest BCUT2D eigenvalue weighted by atomic mass is 10.2. The van der Waals surface area contributed by atoms with Gasteiger partial charge >= 0.3 is 5.97 Å². The number of sulfonamides is 1. The van der Waals surface area contributed by atoms with Crippen LogP contribution in [-0.4, -0.2) is 42.2 Å². The van der Waals surface area contributed by atoms with E-state index in [0.717, 1.165) is 12.1 Å². The molecule has 20 heavy (non-hydrogen) atoms. The first kappa shape index (κ1) is 16.0. The highest BCUT2D eigenvalue weighted by molar-refractivity contribution is 7.89. The van der Waals surface area contributed by atoms with Crippen LogP contribution < -0.4 is 4.72 Å². The molecule has 0 saturated heterocycles. The lowest BCUT2D eigenvalue weighted by molar-refractivity contribution is -0.385. The molecule has 0 bridgehead atoms. The molecule has 0 heterocycles. The number of aryl methyl sites for hydroxylation is 1. The van der Waals surface area contributed by atoms with Crippen LogP contribution in [0.3, 0.4) is 0 Å². The first-order chi connectivity index (χ1) is 9.19. The zero-order valence-electron chi connectivity index (χ0n) is 10.3. The summed E-state index contributed by atoms with van der Waals surface area (Å²) in [5.74, 6) is -1.56. The summed E-state index contributed by atoms with van der Waals surface area (Å²) >= 11 is 0. The number of carboxylic acids is 1. The fraction of sp³-hybridized carbons (Fsp3) is 0.300. The lowest BCUT2D eigenvalue weighted by Gasteiger charge is -2.13. The summed E-state index contributed by atoms with van der Waals surface area (Å²) in [5.41, 5.74) is -0.225. The van der Waals surface area contributed by atoms with E-state index in [0.29, 0.717) is 0 Å². The Kier molecular flexibility index (Phi) is 4.76. The molecule has 0 saturated carbocycles. The summed E-state index contributed by atoms with van der Waals surface area (Å²) < 4.78 is 25.8. The molecule has 3 N–H and O–H groups in total. The summed E-state index contributed by atoms with van der Waals surface area (Å²) in [6.45, 7) is 0.468. The number of rotatable bonds is 6. The number of aliphatic hydroxyl groups excluding tert-OH is 1. The number of aliphatic hydroxyl groups is 1. The molecule has 9 nitrogen and oxygen atoms in total. The smallest absolute Gasteiger partial charge is 0.324 e. The number of carbonyl (C=O) groups is 1. The van der Waals surface area contributed by atoms with Crippen molar-refractivity contribution in [2.24, 2.45) is 0 Å². The molecule has 1 rings (SSSR count). The number of nitrogens with zero attached hydrogens (tertiary/aromatic N) is 1. The molecule has 0 spiro atoms. The van der Waals surface area contributed by atoms with Crippen molar-refractivity contribution in [3.63, 3.8) is 0 Å². The standard InChI is InChI=1S/C10H12N2O7S/c1-6-2-3-7(12(16)17)4-9(6)20(18,19)11-8(5-13)10(14)15/h2-4,8,11,13H,5H2,1H3,(H,14,15)/t8-/m0/s1. The molecule has 0 unspecified atom stereocenters. The predicted octanol–water partition coefficient (Wildman–Crippen LogP) is -0.373. The number of hydrogen-bond acceptors (Lipinski definition) is 6. The van der Waals surface area contributed by atoms with E-state index >= 15 is 0 Å². The van der Waals surface area contributed by atoms with Gasteiger partial charge < -0.3 is 10.2 Å². The molecule has 0 aliphatic carbocycles. The Labute approximate surface area is 114 Å². The van der Waals surface area contributed by atoms with E-state index in [1.165, 1.54) is 13.0 Å². The van der Waals surface area contributed by atoms with Crippen molar-refractivity contribution in [2.45, 2.75) is 17.9 Å². The second kappa shape index (κ2) is 5.94. The fourth-order valence-electron chi connectivity index (χ4n) is 1.41. The summed E-state index contributed by atoms with van der Waals surface area (Å²) in [6, 6.07) is 1.48. The van der Waals surface area contributed by atoms with Gasteiger partial charge in [-0.1, -0.05) is 6.07 Å². The van der Waals surface area contributed by atoms with Gasteiger partial charge in [0.1, 0.15) is 6.04 Å². The molecule has 10 heteroatoms. The van der Waals surface area contributed by atoms with E-state index in [1.807, 2.05) is 0 Å². The minimum Gasteiger partial charge on any atom is -0.480 e. The predicted molar refractivity (Wildman–Crippen MR) is 66.7 cm³/mol. The van der Waals surface area contributed by atoms with Crippen LogP contribution in [0.2, 0.25) is 0 Å². The number of aliphatic carboxylic acids is 1. The van der Waals surface area contributed by atoms with Gasteiger partial charge in [-0.25, -0.2) is 8.42 Å². The molecule has 1 aromatic carbocycles. The Bertz CT molecular complexity index is 641. The third-order valence-corrected chi connectivity index (χ3v) is 4.06. The maximum absolute atomic E-state index is 12.0. The van der Waals surface area contributed by atoms with Crippen molar-refractivity contribution in [2.75, 3.05) is 6.61 Å². The van der Waals surface area contributed by atoms with Crippen molar-refractivity contribution in [3.8, 4) is 0 Å². The first-order valence-electron chi connectivity index (χ1n) is 5.30. The third kappa shape index (κ3) is 3.50. The van der Waals surface area contributed by atoms with Gasteiger partial charge in [0.15, 0.2) is 0 Å². The highest BCUT2D eigenvalue weighted by atomic mass is 32.2. The largest absolute Gasteiger partial charge is 0.480 e. The Morgan fingerprint density at radius 3 is 2.55 bits per heavy atom. The molecule has 0 aromatic heterocycles. The van der Waals surface area contributed by atoms with Crippen molar-refractivity contribution < 1.29 is 28.3 Å². The molecule has 1 atom stereocenters. The third-order valence-electron chi connectivity index (χ3n) is 2.45. The number of carboxylic acid groups (broad SMARTS) is 1. The topological polar surface area (TPSA) is 147 Å². The quantitative estimate of drug-likeness (QED) is 0.479. The molecule has 110 valence electrons. The lowest BCUT2D eigenvalue weighted by Crippen LogP contribution is -2.43. The fourth-order valence-corrected chi connectivity index (χ4v) is 2.85. The maximum Gasteiger partial charge on any atom is 0.324 e. The number of benzene rings is 1. The van der Waals surface area contributed by atoms with E-state index in [4.69, 9.17) is 10.2 Å². The van der Waals surface area contributed by atoms with Crippen LogP contribution in [0.15, 0.2) is 23.1 Å². The van der Waals surface area contributed by atoms with Gasteiger partial charge in [-0.2, -0.15) is 4.72 Å². The number of non-ortho nitro benzene ring substituents is 1. The summed E-state index contributed by atoms with van der Waals surface area (Å²) in [7, 11) is -4.30. The molecule has 0 amide bonds.